The molecule has 0 saturated heterocycles. The smallest absolute Gasteiger partial charge is 0.407 e. The Kier molecular flexibility index (Phi) is 8.63. The first-order valence-corrected chi connectivity index (χ1v) is 11.7. The summed E-state index contributed by atoms with van der Waals surface area (Å²) in [5.74, 6) is -1.53. The Balaban J connectivity index is 1.52. The normalized spacial score (nSPS) is 18.9. The lowest BCUT2D eigenvalue weighted by atomic mass is 9.91. The highest BCUT2D eigenvalue weighted by Gasteiger charge is 2.31. The van der Waals surface area contributed by atoms with Gasteiger partial charge in [0, 0.05) is 11.7 Å². The zero-order valence-electron chi connectivity index (χ0n) is 19.6. The molecule has 1 aromatic heterocycles. The van der Waals surface area contributed by atoms with Crippen LogP contribution in [0.25, 0.3) is 0 Å². The largest absolute Gasteiger partial charge is 0.465 e. The second-order valence-corrected chi connectivity index (χ2v) is 8.38. The highest BCUT2D eigenvalue weighted by molar-refractivity contribution is 6.09. The number of hydrogen-bond acceptors (Lipinski definition) is 6. The number of nitrogens with one attached hydrogen (secondary N) is 1. The van der Waals surface area contributed by atoms with Crippen LogP contribution in [0.15, 0.2) is 36.5 Å². The number of amides is 1. The summed E-state index contributed by atoms with van der Waals surface area (Å²) in [4.78, 5) is 37.2. The molecule has 178 valence electrons. The van der Waals surface area contributed by atoms with Gasteiger partial charge >= 0.3 is 12.1 Å². The minimum absolute atomic E-state index is 0.0507. The lowest BCUT2D eigenvalue weighted by Crippen LogP contribution is -2.38. The molecule has 33 heavy (non-hydrogen) atoms. The number of ketones is 1. The van der Waals surface area contributed by atoms with Gasteiger partial charge in [0.15, 0.2) is 5.78 Å². The third-order valence-corrected chi connectivity index (χ3v) is 6.18. The van der Waals surface area contributed by atoms with E-state index in [1.165, 1.54) is 0 Å². The molecule has 0 aliphatic heterocycles. The number of carbonyl (C=O) groups excluding carboxylic acids is 3. The van der Waals surface area contributed by atoms with Gasteiger partial charge in [-0.05, 0) is 51.5 Å². The SMILES string of the molecule is CCOC(=O)C(CC)C(=O)c1cnn(C2CCC(NC(=O)OCc3ccccc3)CC2)c1C. The van der Waals surface area contributed by atoms with Crippen LogP contribution in [0.1, 0.15) is 73.6 Å². The van der Waals surface area contributed by atoms with Crippen LogP contribution < -0.4 is 5.32 Å². The fourth-order valence-corrected chi connectivity index (χ4v) is 4.32. The topological polar surface area (TPSA) is 99.5 Å². The van der Waals surface area contributed by atoms with Crippen molar-refractivity contribution in [1.29, 1.82) is 0 Å². The molecular weight excluding hydrogens is 422 g/mol. The summed E-state index contributed by atoms with van der Waals surface area (Å²) in [6, 6.07) is 9.77. The van der Waals surface area contributed by atoms with Gasteiger partial charge in [0.2, 0.25) is 0 Å². The Bertz CT molecular complexity index is 948. The molecule has 8 nitrogen and oxygen atoms in total. The van der Waals surface area contributed by atoms with Gasteiger partial charge in [0.05, 0.1) is 24.4 Å². The lowest BCUT2D eigenvalue weighted by Gasteiger charge is -2.29. The van der Waals surface area contributed by atoms with Crippen LogP contribution in [0.2, 0.25) is 0 Å². The maximum absolute atomic E-state index is 12.9. The molecule has 1 aliphatic carbocycles. The van der Waals surface area contributed by atoms with Gasteiger partial charge < -0.3 is 14.8 Å². The number of hydrogen-bond donors (Lipinski definition) is 1. The molecule has 1 heterocycles. The lowest BCUT2D eigenvalue weighted by molar-refractivity contribution is -0.146. The molecule has 1 saturated carbocycles. The molecule has 8 heteroatoms. The predicted octanol–water partition coefficient (Wildman–Crippen LogP) is 4.37. The first-order valence-electron chi connectivity index (χ1n) is 11.7. The van der Waals surface area contributed by atoms with E-state index in [1.54, 1.807) is 20.0 Å². The summed E-state index contributed by atoms with van der Waals surface area (Å²) >= 11 is 0. The minimum Gasteiger partial charge on any atom is -0.465 e. The number of rotatable bonds is 9. The van der Waals surface area contributed by atoms with Gasteiger partial charge in [-0.25, -0.2) is 4.79 Å². The van der Waals surface area contributed by atoms with E-state index in [1.807, 2.05) is 41.9 Å². The van der Waals surface area contributed by atoms with Crippen LogP contribution in [0.3, 0.4) is 0 Å². The van der Waals surface area contributed by atoms with Crippen LogP contribution in [0.5, 0.6) is 0 Å². The van der Waals surface area contributed by atoms with Crippen molar-refractivity contribution in [2.75, 3.05) is 6.61 Å². The van der Waals surface area contributed by atoms with Crippen molar-refractivity contribution in [2.24, 2.45) is 5.92 Å². The number of nitrogens with zero attached hydrogens (tertiary/aromatic N) is 2. The molecule has 1 unspecified atom stereocenters. The van der Waals surface area contributed by atoms with E-state index in [-0.39, 0.29) is 31.1 Å². The van der Waals surface area contributed by atoms with Crippen molar-refractivity contribution < 1.29 is 23.9 Å². The molecule has 1 fully saturated rings. The quantitative estimate of drug-likeness (QED) is 0.342. The summed E-state index contributed by atoms with van der Waals surface area (Å²) < 4.78 is 12.3. The molecule has 3 rings (SSSR count). The van der Waals surface area contributed by atoms with Crippen molar-refractivity contribution >= 4 is 17.8 Å². The average Bonchev–Trinajstić information content (AvgIpc) is 3.20. The molecule has 1 aliphatic rings. The predicted molar refractivity (Wildman–Crippen MR) is 123 cm³/mol. The van der Waals surface area contributed by atoms with Gasteiger partial charge in [-0.2, -0.15) is 5.10 Å². The van der Waals surface area contributed by atoms with Crippen molar-refractivity contribution in [2.45, 2.75) is 71.6 Å². The number of esters is 1. The molecular formula is C25H33N3O5. The summed E-state index contributed by atoms with van der Waals surface area (Å²) in [5, 5.41) is 7.41. The van der Waals surface area contributed by atoms with Crippen LogP contribution in [0.4, 0.5) is 4.79 Å². The fourth-order valence-electron chi connectivity index (χ4n) is 4.32. The standard InChI is InChI=1S/C25H33N3O5/c1-4-21(24(30)32-5-2)23(29)22-15-26-28(17(22)3)20-13-11-19(12-14-20)27-25(31)33-16-18-9-7-6-8-10-18/h6-10,15,19-21H,4-5,11-14,16H2,1-3H3,(H,27,31). The summed E-state index contributed by atoms with van der Waals surface area (Å²) in [6.07, 6.45) is 4.80. The molecule has 0 bridgehead atoms. The molecule has 2 aromatic rings. The van der Waals surface area contributed by atoms with Crippen molar-refractivity contribution in [3.05, 3.63) is 53.3 Å². The van der Waals surface area contributed by atoms with Crippen LogP contribution in [-0.4, -0.2) is 40.3 Å². The van der Waals surface area contributed by atoms with E-state index >= 15 is 0 Å². The maximum atomic E-state index is 12.9. The van der Waals surface area contributed by atoms with Crippen molar-refractivity contribution in [3.8, 4) is 0 Å². The maximum Gasteiger partial charge on any atom is 0.407 e. The number of carbonyl (C=O) groups is 3. The summed E-state index contributed by atoms with van der Waals surface area (Å²) in [5.41, 5.74) is 2.19. The van der Waals surface area contributed by atoms with E-state index in [2.05, 4.69) is 10.4 Å². The molecule has 1 aromatic carbocycles. The van der Waals surface area contributed by atoms with Gasteiger partial charge in [-0.1, -0.05) is 37.3 Å². The second kappa shape index (κ2) is 11.6. The molecule has 0 radical (unpaired) electrons. The third kappa shape index (κ3) is 6.21. The van der Waals surface area contributed by atoms with E-state index in [9.17, 15) is 14.4 Å². The summed E-state index contributed by atoms with van der Waals surface area (Å²) in [7, 11) is 0. The number of ether oxygens (including phenoxy) is 2. The first-order chi connectivity index (χ1) is 15.9. The van der Waals surface area contributed by atoms with Gasteiger partial charge in [0.1, 0.15) is 12.5 Å². The Morgan fingerprint density at radius 1 is 1.09 bits per heavy atom. The van der Waals surface area contributed by atoms with Gasteiger partial charge in [0.25, 0.3) is 0 Å². The number of benzene rings is 1. The van der Waals surface area contributed by atoms with Gasteiger partial charge in [-0.3, -0.25) is 14.3 Å². The molecule has 1 atom stereocenters. The number of aromatic nitrogens is 2. The Labute approximate surface area is 194 Å². The van der Waals surface area contributed by atoms with Gasteiger partial charge in [-0.15, -0.1) is 0 Å². The Morgan fingerprint density at radius 2 is 1.79 bits per heavy atom. The molecule has 1 N–H and O–H groups in total. The average molecular weight is 456 g/mol. The van der Waals surface area contributed by atoms with E-state index in [4.69, 9.17) is 9.47 Å². The molecule has 1 amide bonds. The molecule has 0 spiro atoms. The van der Waals surface area contributed by atoms with Crippen LogP contribution in [-0.2, 0) is 20.9 Å². The fraction of sp³-hybridized carbons (Fsp3) is 0.520. The zero-order chi connectivity index (χ0) is 23.8. The van der Waals surface area contributed by atoms with E-state index in [0.717, 1.165) is 36.9 Å². The van der Waals surface area contributed by atoms with Crippen molar-refractivity contribution in [3.63, 3.8) is 0 Å². The first kappa shape index (κ1) is 24.5. The number of Topliss-reactive ketones (excluding diaryl/α,β-unsaturated/α-hetero) is 1. The monoisotopic (exact) mass is 455 g/mol. The van der Waals surface area contributed by atoms with E-state index in [0.29, 0.717) is 12.0 Å². The summed E-state index contributed by atoms with van der Waals surface area (Å²) in [6.45, 7) is 5.89. The highest BCUT2D eigenvalue weighted by Crippen LogP contribution is 2.30. The van der Waals surface area contributed by atoms with Crippen LogP contribution >= 0.6 is 0 Å². The highest BCUT2D eigenvalue weighted by atomic mass is 16.5. The zero-order valence-corrected chi connectivity index (χ0v) is 19.6. The third-order valence-electron chi connectivity index (χ3n) is 6.18. The Hall–Kier alpha value is -3.16. The van der Waals surface area contributed by atoms with Crippen LogP contribution in [0, 0.1) is 12.8 Å². The van der Waals surface area contributed by atoms with E-state index < -0.39 is 18.0 Å². The van der Waals surface area contributed by atoms with Crippen molar-refractivity contribution in [1.82, 2.24) is 15.1 Å². The second-order valence-electron chi connectivity index (χ2n) is 8.38. The Morgan fingerprint density at radius 3 is 2.42 bits per heavy atom. The number of alkyl carbamates (subject to hydrolysis) is 1. The minimum atomic E-state index is -0.803.